The van der Waals surface area contributed by atoms with E-state index in [0.29, 0.717) is 22.8 Å². The maximum atomic E-state index is 13.8. The highest BCUT2D eigenvalue weighted by molar-refractivity contribution is 6.05. The van der Waals surface area contributed by atoms with Gasteiger partial charge in [-0.3, -0.25) is 19.3 Å². The fourth-order valence-electron chi connectivity index (χ4n) is 3.88. The summed E-state index contributed by atoms with van der Waals surface area (Å²) in [4.78, 5) is 41.3. The molecule has 0 bridgehead atoms. The molecule has 0 spiro atoms. The minimum atomic E-state index is -1.07. The van der Waals surface area contributed by atoms with Crippen LogP contribution >= 0.6 is 0 Å². The molecule has 0 saturated carbocycles. The summed E-state index contributed by atoms with van der Waals surface area (Å²) in [5.41, 5.74) is 1.83. The number of anilines is 1. The number of benzene rings is 2. The molecular formula is C28H27N3O6. The van der Waals surface area contributed by atoms with Crippen LogP contribution in [0.2, 0.25) is 0 Å². The Morgan fingerprint density at radius 3 is 2.35 bits per heavy atom. The van der Waals surface area contributed by atoms with Gasteiger partial charge in [-0.05, 0) is 54.4 Å². The molecule has 0 aliphatic rings. The predicted molar refractivity (Wildman–Crippen MR) is 136 cm³/mol. The number of carbonyl (C=O) groups excluding carboxylic acids is 3. The average molecular weight is 502 g/mol. The highest BCUT2D eigenvalue weighted by Gasteiger charge is 2.34. The first-order valence-corrected chi connectivity index (χ1v) is 11.6. The van der Waals surface area contributed by atoms with Gasteiger partial charge in [0.2, 0.25) is 11.8 Å². The van der Waals surface area contributed by atoms with Crippen molar-refractivity contribution in [3.05, 3.63) is 108 Å². The summed E-state index contributed by atoms with van der Waals surface area (Å²) in [6.45, 7) is 1.63. The van der Waals surface area contributed by atoms with E-state index in [1.807, 2.05) is 19.1 Å². The summed E-state index contributed by atoms with van der Waals surface area (Å²) in [7, 11) is 1.49. The highest BCUT2D eigenvalue weighted by atomic mass is 16.5. The fraction of sp³-hybridized carbons (Fsp3) is 0.179. The quantitative estimate of drug-likeness (QED) is 0.339. The van der Waals surface area contributed by atoms with Crippen LogP contribution in [0.15, 0.2) is 94.2 Å². The van der Waals surface area contributed by atoms with Crippen LogP contribution in [0.25, 0.3) is 0 Å². The van der Waals surface area contributed by atoms with Crippen molar-refractivity contribution in [2.24, 2.45) is 0 Å². The van der Waals surface area contributed by atoms with Crippen LogP contribution in [0.1, 0.15) is 33.5 Å². The first-order valence-electron chi connectivity index (χ1n) is 11.6. The number of hydrogen-bond donors (Lipinski definition) is 2. The van der Waals surface area contributed by atoms with Crippen LogP contribution < -0.4 is 20.3 Å². The fourth-order valence-corrected chi connectivity index (χ4v) is 3.88. The van der Waals surface area contributed by atoms with E-state index < -0.39 is 23.8 Å². The second-order valence-electron chi connectivity index (χ2n) is 8.21. The van der Waals surface area contributed by atoms with Gasteiger partial charge in [0.1, 0.15) is 17.6 Å². The first kappa shape index (κ1) is 25.3. The molecule has 0 fully saturated rings. The summed E-state index contributed by atoms with van der Waals surface area (Å²) >= 11 is 0. The van der Waals surface area contributed by atoms with E-state index in [0.717, 1.165) is 5.56 Å². The minimum Gasteiger partial charge on any atom is -0.495 e. The van der Waals surface area contributed by atoms with Gasteiger partial charge in [0, 0.05) is 0 Å². The van der Waals surface area contributed by atoms with Gasteiger partial charge in [-0.25, -0.2) is 0 Å². The molecule has 9 nitrogen and oxygen atoms in total. The zero-order chi connectivity index (χ0) is 26.2. The third-order valence-corrected chi connectivity index (χ3v) is 5.65. The van der Waals surface area contributed by atoms with Gasteiger partial charge in [-0.1, -0.05) is 36.4 Å². The molecule has 0 aliphatic heterocycles. The second-order valence-corrected chi connectivity index (χ2v) is 8.21. The lowest BCUT2D eigenvalue weighted by molar-refractivity contribution is -0.126. The molecule has 0 saturated heterocycles. The Bertz CT molecular complexity index is 1330. The molecular weight excluding hydrogens is 474 g/mol. The molecule has 0 radical (unpaired) electrons. The van der Waals surface area contributed by atoms with E-state index in [2.05, 4.69) is 10.6 Å². The standard InChI is InChI=1S/C28H27N3O6/c1-19-12-13-23(35-2)22(16-19)31(25(32)18-30-27(33)24-11-7-15-37-24)26(20-8-4-3-5-9-20)28(34)29-17-21-10-6-14-36-21/h3-16,26H,17-18H2,1-2H3,(H,29,34)(H,30,33)/t26-/m1/s1. The topological polar surface area (TPSA) is 114 Å². The van der Waals surface area contributed by atoms with Gasteiger partial charge in [-0.2, -0.15) is 0 Å². The van der Waals surface area contributed by atoms with Gasteiger partial charge in [0.15, 0.2) is 5.76 Å². The zero-order valence-electron chi connectivity index (χ0n) is 20.5. The lowest BCUT2D eigenvalue weighted by atomic mass is 10.0. The van der Waals surface area contributed by atoms with Gasteiger partial charge in [0.25, 0.3) is 5.91 Å². The van der Waals surface area contributed by atoms with Crippen molar-refractivity contribution >= 4 is 23.4 Å². The van der Waals surface area contributed by atoms with Crippen LogP contribution in [-0.2, 0) is 16.1 Å². The molecule has 2 aromatic heterocycles. The minimum absolute atomic E-state index is 0.0725. The van der Waals surface area contributed by atoms with Gasteiger partial charge < -0.3 is 24.2 Å². The van der Waals surface area contributed by atoms with Crippen molar-refractivity contribution in [1.29, 1.82) is 0 Å². The Hall–Kier alpha value is -4.79. The Kier molecular flexibility index (Phi) is 8.05. The summed E-state index contributed by atoms with van der Waals surface area (Å²) in [6.07, 6.45) is 2.89. The smallest absolute Gasteiger partial charge is 0.287 e. The van der Waals surface area contributed by atoms with E-state index >= 15 is 0 Å². The van der Waals surface area contributed by atoms with Crippen molar-refractivity contribution in [1.82, 2.24) is 10.6 Å². The molecule has 2 heterocycles. The monoisotopic (exact) mass is 501 g/mol. The van der Waals surface area contributed by atoms with Crippen LogP contribution in [0.3, 0.4) is 0 Å². The van der Waals surface area contributed by atoms with E-state index in [1.165, 1.54) is 30.6 Å². The molecule has 190 valence electrons. The van der Waals surface area contributed by atoms with Gasteiger partial charge in [0.05, 0.1) is 38.4 Å². The predicted octanol–water partition coefficient (Wildman–Crippen LogP) is 4.01. The molecule has 2 aromatic carbocycles. The molecule has 4 aromatic rings. The maximum absolute atomic E-state index is 13.8. The Labute approximate surface area is 214 Å². The van der Waals surface area contributed by atoms with E-state index in [1.54, 1.807) is 54.6 Å². The lowest BCUT2D eigenvalue weighted by Crippen LogP contribution is -2.47. The summed E-state index contributed by atoms with van der Waals surface area (Å²) in [5.74, 6) is -0.466. The van der Waals surface area contributed by atoms with Gasteiger partial charge >= 0.3 is 0 Å². The molecule has 0 unspecified atom stereocenters. The van der Waals surface area contributed by atoms with Crippen molar-refractivity contribution in [2.75, 3.05) is 18.6 Å². The Morgan fingerprint density at radius 1 is 0.919 bits per heavy atom. The van der Waals surface area contributed by atoms with Crippen molar-refractivity contribution in [3.63, 3.8) is 0 Å². The number of nitrogens with one attached hydrogen (secondary N) is 2. The number of methoxy groups -OCH3 is 1. The molecule has 9 heteroatoms. The van der Waals surface area contributed by atoms with Crippen molar-refractivity contribution in [2.45, 2.75) is 19.5 Å². The van der Waals surface area contributed by atoms with Crippen molar-refractivity contribution < 1.29 is 28.0 Å². The summed E-state index contributed by atoms with van der Waals surface area (Å²) in [6, 6.07) is 19.7. The SMILES string of the molecule is COc1ccc(C)cc1N(C(=O)CNC(=O)c1ccco1)[C@@H](C(=O)NCc1ccco1)c1ccccc1. The highest BCUT2D eigenvalue weighted by Crippen LogP contribution is 2.36. The number of furan rings is 2. The van der Waals surface area contributed by atoms with Crippen molar-refractivity contribution in [3.8, 4) is 5.75 Å². The molecule has 37 heavy (non-hydrogen) atoms. The van der Waals surface area contributed by atoms with Crippen LogP contribution in [0.5, 0.6) is 5.75 Å². The van der Waals surface area contributed by atoms with E-state index in [-0.39, 0.29) is 18.8 Å². The maximum Gasteiger partial charge on any atom is 0.287 e. The Morgan fingerprint density at radius 2 is 1.68 bits per heavy atom. The number of aryl methyl sites for hydroxylation is 1. The van der Waals surface area contributed by atoms with Crippen LogP contribution in [0, 0.1) is 6.92 Å². The molecule has 1 atom stereocenters. The third-order valence-electron chi connectivity index (χ3n) is 5.65. The molecule has 3 amide bonds. The lowest BCUT2D eigenvalue weighted by Gasteiger charge is -2.32. The first-order chi connectivity index (χ1) is 18.0. The number of rotatable bonds is 10. The number of carbonyl (C=O) groups is 3. The molecule has 4 rings (SSSR count). The number of ether oxygens (including phenoxy) is 1. The number of hydrogen-bond acceptors (Lipinski definition) is 6. The van der Waals surface area contributed by atoms with E-state index in [4.69, 9.17) is 13.6 Å². The van der Waals surface area contributed by atoms with E-state index in [9.17, 15) is 14.4 Å². The van der Waals surface area contributed by atoms with Crippen LogP contribution in [0.4, 0.5) is 5.69 Å². The number of nitrogens with zero attached hydrogens (tertiary/aromatic N) is 1. The largest absolute Gasteiger partial charge is 0.495 e. The normalized spacial score (nSPS) is 11.4. The Balaban J connectivity index is 1.72. The third kappa shape index (κ3) is 6.07. The zero-order valence-corrected chi connectivity index (χ0v) is 20.5. The summed E-state index contributed by atoms with van der Waals surface area (Å²) < 4.78 is 16.0. The second kappa shape index (κ2) is 11.8. The summed E-state index contributed by atoms with van der Waals surface area (Å²) in [5, 5.41) is 5.43. The average Bonchev–Trinajstić information content (AvgIpc) is 3.64. The van der Waals surface area contributed by atoms with Gasteiger partial charge in [-0.15, -0.1) is 0 Å². The molecule has 0 aliphatic carbocycles. The number of amides is 3. The van der Waals surface area contributed by atoms with Crippen LogP contribution in [-0.4, -0.2) is 31.4 Å². The molecule has 2 N–H and O–H groups in total.